The van der Waals surface area contributed by atoms with Crippen LogP contribution in [0, 0.1) is 5.92 Å². The van der Waals surface area contributed by atoms with Crippen LogP contribution in [-0.2, 0) is 6.42 Å². The Kier molecular flexibility index (Phi) is 4.52. The Morgan fingerprint density at radius 2 is 2.06 bits per heavy atom. The van der Waals surface area contributed by atoms with E-state index in [1.165, 1.54) is 24.1 Å². The van der Waals surface area contributed by atoms with Crippen LogP contribution in [0.4, 0.5) is 5.69 Å². The fourth-order valence-corrected chi connectivity index (χ4v) is 2.82. The second-order valence-corrected chi connectivity index (χ2v) is 6.06. The Morgan fingerprint density at radius 3 is 2.67 bits per heavy atom. The van der Waals surface area contributed by atoms with E-state index in [1.807, 2.05) is 13.0 Å². The molecule has 0 radical (unpaired) electrons. The molecule has 1 aromatic rings. The van der Waals surface area contributed by atoms with Crippen LogP contribution in [0.25, 0.3) is 0 Å². The summed E-state index contributed by atoms with van der Waals surface area (Å²) >= 11 is 6.10. The topological polar surface area (TPSA) is 29.3 Å². The predicted molar refractivity (Wildman–Crippen MR) is 79.4 cm³/mol. The lowest BCUT2D eigenvalue weighted by atomic mass is 9.97. The summed E-state index contributed by atoms with van der Waals surface area (Å²) < 4.78 is 0. The van der Waals surface area contributed by atoms with Crippen LogP contribution in [-0.4, -0.2) is 19.1 Å². The monoisotopic (exact) mass is 266 g/mol. The number of hydrogen-bond acceptors (Lipinski definition) is 2. The van der Waals surface area contributed by atoms with Gasteiger partial charge in [0.2, 0.25) is 0 Å². The zero-order valence-corrected chi connectivity index (χ0v) is 12.1. The van der Waals surface area contributed by atoms with Crippen molar-refractivity contribution in [2.24, 2.45) is 11.7 Å². The highest BCUT2D eigenvalue weighted by Crippen LogP contribution is 2.29. The first kappa shape index (κ1) is 13.7. The summed E-state index contributed by atoms with van der Waals surface area (Å²) in [5.41, 5.74) is 8.54. The van der Waals surface area contributed by atoms with Crippen LogP contribution in [0.15, 0.2) is 18.2 Å². The molecule has 100 valence electrons. The minimum absolute atomic E-state index is 0.172. The highest BCUT2D eigenvalue weighted by atomic mass is 35.5. The molecule has 1 fully saturated rings. The standard InChI is InChI=1S/C15H23ClN2/c1-11-5-7-18(8-6-11)15-4-3-14(16)10-13(15)9-12(2)17/h3-4,10-12H,5-9,17H2,1-2H3. The minimum atomic E-state index is 0.172. The molecule has 1 saturated heterocycles. The van der Waals surface area contributed by atoms with Crippen LogP contribution in [0.2, 0.25) is 5.02 Å². The number of nitrogens with two attached hydrogens (primary N) is 1. The Morgan fingerprint density at radius 1 is 1.39 bits per heavy atom. The fraction of sp³-hybridized carbons (Fsp3) is 0.600. The van der Waals surface area contributed by atoms with Crippen molar-refractivity contribution in [1.29, 1.82) is 0 Å². The molecule has 1 aromatic carbocycles. The van der Waals surface area contributed by atoms with Crippen LogP contribution >= 0.6 is 11.6 Å². The molecule has 2 rings (SSSR count). The highest BCUT2D eigenvalue weighted by molar-refractivity contribution is 6.30. The summed E-state index contributed by atoms with van der Waals surface area (Å²) in [6, 6.07) is 6.37. The van der Waals surface area contributed by atoms with Gasteiger partial charge in [-0.3, -0.25) is 0 Å². The van der Waals surface area contributed by atoms with Gasteiger partial charge in [0, 0.05) is 29.8 Å². The van der Waals surface area contributed by atoms with Gasteiger partial charge in [0.05, 0.1) is 0 Å². The maximum atomic E-state index is 6.10. The third-order valence-electron chi connectivity index (χ3n) is 3.71. The van der Waals surface area contributed by atoms with Gasteiger partial charge in [0.1, 0.15) is 0 Å². The Bertz CT molecular complexity index is 395. The van der Waals surface area contributed by atoms with E-state index in [-0.39, 0.29) is 6.04 Å². The van der Waals surface area contributed by atoms with E-state index in [4.69, 9.17) is 17.3 Å². The maximum absolute atomic E-state index is 6.10. The molecule has 0 aliphatic carbocycles. The summed E-state index contributed by atoms with van der Waals surface area (Å²) in [5, 5.41) is 0.805. The van der Waals surface area contributed by atoms with E-state index in [2.05, 4.69) is 24.0 Å². The average Bonchev–Trinajstić information content (AvgIpc) is 2.30. The maximum Gasteiger partial charge on any atom is 0.0410 e. The van der Waals surface area contributed by atoms with Gasteiger partial charge < -0.3 is 10.6 Å². The number of nitrogens with zero attached hydrogens (tertiary/aromatic N) is 1. The number of hydrogen-bond donors (Lipinski definition) is 1. The first-order chi connectivity index (χ1) is 8.56. The van der Waals surface area contributed by atoms with Crippen LogP contribution in [0.1, 0.15) is 32.3 Å². The molecule has 2 nitrogen and oxygen atoms in total. The normalized spacial score (nSPS) is 19.0. The largest absolute Gasteiger partial charge is 0.371 e. The van der Waals surface area contributed by atoms with Crippen molar-refractivity contribution < 1.29 is 0 Å². The third-order valence-corrected chi connectivity index (χ3v) is 3.94. The SMILES string of the molecule is CC(N)Cc1cc(Cl)ccc1N1CCC(C)CC1. The number of halogens is 1. The molecule has 0 bridgehead atoms. The van der Waals surface area contributed by atoms with Crippen LogP contribution in [0.5, 0.6) is 0 Å². The molecule has 3 heteroatoms. The second kappa shape index (κ2) is 5.94. The molecule has 1 unspecified atom stereocenters. The van der Waals surface area contributed by atoms with Crippen molar-refractivity contribution in [2.45, 2.75) is 39.2 Å². The molecule has 0 spiro atoms. The Hall–Kier alpha value is -0.730. The summed E-state index contributed by atoms with van der Waals surface area (Å²) in [5.74, 6) is 0.852. The quantitative estimate of drug-likeness (QED) is 0.908. The van der Waals surface area contributed by atoms with Gasteiger partial charge in [0.15, 0.2) is 0 Å². The molecular weight excluding hydrogens is 244 g/mol. The third kappa shape index (κ3) is 3.39. The van der Waals surface area contributed by atoms with Gasteiger partial charge in [-0.2, -0.15) is 0 Å². The zero-order valence-electron chi connectivity index (χ0n) is 11.3. The first-order valence-electron chi connectivity index (χ1n) is 6.85. The lowest BCUT2D eigenvalue weighted by Gasteiger charge is -2.33. The Balaban J connectivity index is 2.20. The van der Waals surface area contributed by atoms with Crippen molar-refractivity contribution in [3.63, 3.8) is 0 Å². The van der Waals surface area contributed by atoms with E-state index in [0.717, 1.165) is 30.5 Å². The van der Waals surface area contributed by atoms with E-state index in [9.17, 15) is 0 Å². The smallest absolute Gasteiger partial charge is 0.0410 e. The van der Waals surface area contributed by atoms with Crippen LogP contribution < -0.4 is 10.6 Å². The van der Waals surface area contributed by atoms with Crippen molar-refractivity contribution in [1.82, 2.24) is 0 Å². The summed E-state index contributed by atoms with van der Waals surface area (Å²) in [6.07, 6.45) is 3.45. The van der Waals surface area contributed by atoms with Gasteiger partial charge in [0.25, 0.3) is 0 Å². The number of benzene rings is 1. The van der Waals surface area contributed by atoms with E-state index in [0.29, 0.717) is 0 Å². The first-order valence-corrected chi connectivity index (χ1v) is 7.23. The van der Waals surface area contributed by atoms with Gasteiger partial charge >= 0.3 is 0 Å². The molecule has 1 aliphatic rings. The summed E-state index contributed by atoms with van der Waals surface area (Å²) in [4.78, 5) is 2.48. The zero-order chi connectivity index (χ0) is 13.1. The molecule has 1 atom stereocenters. The van der Waals surface area contributed by atoms with Crippen molar-refractivity contribution in [2.75, 3.05) is 18.0 Å². The van der Waals surface area contributed by atoms with Gasteiger partial charge in [-0.05, 0) is 55.9 Å². The molecule has 0 amide bonds. The van der Waals surface area contributed by atoms with Gasteiger partial charge in [-0.1, -0.05) is 18.5 Å². The van der Waals surface area contributed by atoms with E-state index >= 15 is 0 Å². The average molecular weight is 267 g/mol. The number of rotatable bonds is 3. The minimum Gasteiger partial charge on any atom is -0.371 e. The van der Waals surface area contributed by atoms with E-state index in [1.54, 1.807) is 0 Å². The van der Waals surface area contributed by atoms with Crippen molar-refractivity contribution in [3.05, 3.63) is 28.8 Å². The van der Waals surface area contributed by atoms with E-state index < -0.39 is 0 Å². The predicted octanol–water partition coefficient (Wildman–Crippen LogP) is 3.47. The molecule has 1 heterocycles. The molecule has 2 N–H and O–H groups in total. The van der Waals surface area contributed by atoms with Crippen LogP contribution in [0.3, 0.4) is 0 Å². The molecule has 18 heavy (non-hydrogen) atoms. The highest BCUT2D eigenvalue weighted by Gasteiger charge is 2.18. The molecule has 0 aromatic heterocycles. The molecule has 0 saturated carbocycles. The lowest BCUT2D eigenvalue weighted by Crippen LogP contribution is -2.34. The molecule has 1 aliphatic heterocycles. The lowest BCUT2D eigenvalue weighted by molar-refractivity contribution is 0.438. The number of anilines is 1. The number of piperidine rings is 1. The van der Waals surface area contributed by atoms with Gasteiger partial charge in [-0.15, -0.1) is 0 Å². The molecular formula is C15H23ClN2. The Labute approximate surface area is 115 Å². The van der Waals surface area contributed by atoms with Crippen molar-refractivity contribution in [3.8, 4) is 0 Å². The summed E-state index contributed by atoms with van der Waals surface area (Å²) in [6.45, 7) is 6.68. The van der Waals surface area contributed by atoms with Crippen molar-refractivity contribution >= 4 is 17.3 Å². The van der Waals surface area contributed by atoms with Gasteiger partial charge in [-0.25, -0.2) is 0 Å². The summed E-state index contributed by atoms with van der Waals surface area (Å²) in [7, 11) is 0. The second-order valence-electron chi connectivity index (χ2n) is 5.62. The fourth-order valence-electron chi connectivity index (χ4n) is 2.62.